The lowest BCUT2D eigenvalue weighted by Crippen LogP contribution is -2.16. The molecule has 0 radical (unpaired) electrons. The van der Waals surface area contributed by atoms with Crippen LogP contribution in [0.15, 0.2) is 67.4 Å². The average Bonchev–Trinajstić information content (AvgIpc) is 3.75. The monoisotopic (exact) mass is 550 g/mol. The normalized spacial score (nSPS) is 17.3. The first-order valence-corrected chi connectivity index (χ1v) is 17.2. The second-order valence-corrected chi connectivity index (χ2v) is 12.6. The van der Waals surface area contributed by atoms with E-state index in [4.69, 9.17) is 0 Å². The number of aryl methyl sites for hydroxylation is 2. The highest BCUT2D eigenvalue weighted by molar-refractivity contribution is 7.52. The van der Waals surface area contributed by atoms with Crippen LogP contribution in [0.3, 0.4) is 0 Å². The molecule has 3 atom stereocenters. The van der Waals surface area contributed by atoms with Crippen LogP contribution in [0.25, 0.3) is 0 Å². The Balaban J connectivity index is 0.000000447. The number of benzene rings is 2. The van der Waals surface area contributed by atoms with Crippen molar-refractivity contribution in [1.82, 2.24) is 10.4 Å². The van der Waals surface area contributed by atoms with Gasteiger partial charge in [0.2, 0.25) is 0 Å². The molecule has 0 aromatic heterocycles. The molecular weight excluding hydrogens is 491 g/mol. The van der Waals surface area contributed by atoms with Gasteiger partial charge in [0.1, 0.15) is 0 Å². The Hall–Kier alpha value is -1.98. The van der Waals surface area contributed by atoms with Crippen LogP contribution in [0.1, 0.15) is 109 Å². The summed E-state index contributed by atoms with van der Waals surface area (Å²) in [6.07, 6.45) is 15.6. The Morgan fingerprint density at radius 2 is 1.69 bits per heavy atom. The number of hydrogen-bond acceptors (Lipinski definition) is 2. The van der Waals surface area contributed by atoms with Crippen LogP contribution in [0.2, 0.25) is 0 Å². The van der Waals surface area contributed by atoms with Gasteiger partial charge in [0, 0.05) is 13.1 Å². The molecule has 1 heterocycles. The largest absolute Gasteiger partial charge is 0.392 e. The predicted molar refractivity (Wildman–Crippen MR) is 178 cm³/mol. The van der Waals surface area contributed by atoms with Crippen molar-refractivity contribution in [3.8, 4) is 5.63 Å². The molecule has 2 aromatic carbocycles. The molecular formula is C36H59N2P. The molecule has 3 heteroatoms. The predicted octanol–water partition coefficient (Wildman–Crippen LogP) is 10.6. The van der Waals surface area contributed by atoms with E-state index in [1.807, 2.05) is 39.0 Å². The molecule has 2 nitrogen and oxygen atoms in total. The number of hydrogen-bond donors (Lipinski definition) is 2. The summed E-state index contributed by atoms with van der Waals surface area (Å²) in [5.41, 5.74) is 8.69. The zero-order chi connectivity index (χ0) is 28.7. The van der Waals surface area contributed by atoms with E-state index >= 15 is 0 Å². The van der Waals surface area contributed by atoms with Crippen LogP contribution in [0.5, 0.6) is 0 Å². The molecule has 0 amide bonds. The van der Waals surface area contributed by atoms with Gasteiger partial charge in [-0.1, -0.05) is 139 Å². The van der Waals surface area contributed by atoms with Gasteiger partial charge in [0.05, 0.1) is 5.66 Å². The summed E-state index contributed by atoms with van der Waals surface area (Å²) in [6, 6.07) is 19.5. The van der Waals surface area contributed by atoms with Gasteiger partial charge in [-0.25, -0.2) is 0 Å². The molecule has 1 aliphatic heterocycles. The number of nitrogens with one attached hydrogen (secondary N) is 2. The highest BCUT2D eigenvalue weighted by Gasteiger charge is 2.20. The van der Waals surface area contributed by atoms with E-state index in [1.54, 1.807) is 6.20 Å². The molecule has 4 rings (SSSR count). The minimum Gasteiger partial charge on any atom is -0.392 e. The van der Waals surface area contributed by atoms with Crippen molar-refractivity contribution in [3.63, 3.8) is 0 Å². The van der Waals surface area contributed by atoms with E-state index in [0.29, 0.717) is 0 Å². The highest BCUT2D eigenvalue weighted by atomic mass is 31.1. The maximum absolute atomic E-state index is 3.73. The van der Waals surface area contributed by atoms with Gasteiger partial charge < -0.3 is 5.32 Å². The van der Waals surface area contributed by atoms with Crippen molar-refractivity contribution < 1.29 is 0 Å². The van der Waals surface area contributed by atoms with Crippen molar-refractivity contribution in [3.05, 3.63) is 84.1 Å². The van der Waals surface area contributed by atoms with Crippen LogP contribution in [-0.2, 0) is 13.0 Å². The lowest BCUT2D eigenvalue weighted by Gasteiger charge is -2.27. The smallest absolute Gasteiger partial charge is 0.0719 e. The first kappa shape index (κ1) is 35.0. The molecule has 2 aliphatic rings. The fraction of sp³-hybridized carbons (Fsp3) is 0.583. The summed E-state index contributed by atoms with van der Waals surface area (Å²) in [4.78, 5) is 0. The Bertz CT molecular complexity index is 950. The van der Waals surface area contributed by atoms with E-state index in [1.165, 1.54) is 80.9 Å². The number of unbranched alkanes of at least 4 members (excludes halogenated alkanes) is 1. The fourth-order valence-corrected chi connectivity index (χ4v) is 6.62. The molecule has 218 valence electrons. The highest BCUT2D eigenvalue weighted by Crippen LogP contribution is 2.39. The van der Waals surface area contributed by atoms with Crippen LogP contribution in [0, 0.1) is 24.4 Å². The number of rotatable bonds is 11. The van der Waals surface area contributed by atoms with Gasteiger partial charge in [0.25, 0.3) is 0 Å². The molecule has 39 heavy (non-hydrogen) atoms. The summed E-state index contributed by atoms with van der Waals surface area (Å²) in [5.74, 6) is 1.88. The third-order valence-electron chi connectivity index (χ3n) is 7.44. The lowest BCUT2D eigenvalue weighted by atomic mass is 9.78. The van der Waals surface area contributed by atoms with E-state index in [-0.39, 0.29) is 7.53 Å². The Kier molecular flexibility index (Phi) is 20.5. The molecule has 0 saturated heterocycles. The maximum Gasteiger partial charge on any atom is 0.0719 e. The van der Waals surface area contributed by atoms with Crippen molar-refractivity contribution in [1.29, 1.82) is 0 Å². The summed E-state index contributed by atoms with van der Waals surface area (Å²) >= 11 is 0. The second-order valence-electron chi connectivity index (χ2n) is 10.6. The lowest BCUT2D eigenvalue weighted by molar-refractivity contribution is 0.252. The molecule has 2 aromatic rings. The topological polar surface area (TPSA) is 24.1 Å². The fourth-order valence-electron chi connectivity index (χ4n) is 4.96. The standard InChI is InChI=1S/C23H36NP.C7H8.C4H9N.C2H6/c1-3-4-13-23-18-25(23)24-17-21-10-8-9-20(16-21)15-14-19(2)22-11-6-5-7-12-22;1-7-5-3-2-4-6-7;1-3-5-4-2;1-2/h8-10,16,19,22-24H,3-7,11-15,17H2,1-2H3;2-6H,1H3;3,5H,1,4H2,2H3;1-2H3. The Labute approximate surface area is 243 Å². The van der Waals surface area contributed by atoms with E-state index in [0.717, 1.165) is 30.6 Å². The quantitative estimate of drug-likeness (QED) is 0.272. The van der Waals surface area contributed by atoms with Gasteiger partial charge in [-0.2, -0.15) is 0 Å². The third-order valence-corrected chi connectivity index (χ3v) is 9.26. The van der Waals surface area contributed by atoms with Crippen LogP contribution in [0.4, 0.5) is 0 Å². The van der Waals surface area contributed by atoms with E-state index in [2.05, 4.69) is 79.8 Å². The molecule has 0 spiro atoms. The van der Waals surface area contributed by atoms with Gasteiger partial charge in [-0.15, -0.1) is 5.63 Å². The maximum atomic E-state index is 3.73. The van der Waals surface area contributed by atoms with Crippen molar-refractivity contribution >= 4 is 7.53 Å². The second kappa shape index (κ2) is 22.8. The van der Waals surface area contributed by atoms with Crippen molar-refractivity contribution in [2.24, 2.45) is 11.8 Å². The minimum atomic E-state index is -0.0858. The molecule has 1 aliphatic carbocycles. The Morgan fingerprint density at radius 1 is 1.00 bits per heavy atom. The van der Waals surface area contributed by atoms with Crippen molar-refractivity contribution in [2.45, 2.75) is 118 Å². The molecule has 1 fully saturated rings. The first-order chi connectivity index (χ1) is 19.1. The molecule has 2 N–H and O–H groups in total. The van der Waals surface area contributed by atoms with E-state index < -0.39 is 0 Å². The van der Waals surface area contributed by atoms with Crippen LogP contribution >= 0.6 is 7.53 Å². The first-order valence-electron chi connectivity index (χ1n) is 15.8. The summed E-state index contributed by atoms with van der Waals surface area (Å²) in [7, 11) is -0.0858. The van der Waals surface area contributed by atoms with Gasteiger partial charge in [-0.3, -0.25) is 5.09 Å². The van der Waals surface area contributed by atoms with E-state index in [9.17, 15) is 0 Å². The molecule has 1 saturated carbocycles. The zero-order valence-corrected chi connectivity index (χ0v) is 27.0. The van der Waals surface area contributed by atoms with Gasteiger partial charge >= 0.3 is 0 Å². The zero-order valence-electron chi connectivity index (χ0n) is 26.1. The third kappa shape index (κ3) is 16.7. The van der Waals surface area contributed by atoms with Crippen LogP contribution in [-0.4, -0.2) is 12.2 Å². The SMILES string of the molecule is C=CNCC.CC.CCCCC1C#P1NCc1cccc(CCC(C)C2CCCCC2)c1.Cc1ccccc1. The minimum absolute atomic E-state index is 0.0858. The molecule has 3 unspecified atom stereocenters. The van der Waals surface area contributed by atoms with Crippen LogP contribution < -0.4 is 10.4 Å². The summed E-state index contributed by atoms with van der Waals surface area (Å²) in [6.45, 7) is 18.3. The molecule has 0 bridgehead atoms. The summed E-state index contributed by atoms with van der Waals surface area (Å²) in [5, 5.41) is 6.60. The van der Waals surface area contributed by atoms with Gasteiger partial charge in [-0.05, 0) is 69.8 Å². The Morgan fingerprint density at radius 3 is 2.26 bits per heavy atom. The average molecular weight is 551 g/mol. The summed E-state index contributed by atoms with van der Waals surface area (Å²) < 4.78 is 0. The van der Waals surface area contributed by atoms with Gasteiger partial charge in [0.15, 0.2) is 0 Å². The van der Waals surface area contributed by atoms with Crippen molar-refractivity contribution in [2.75, 3.05) is 6.54 Å².